The minimum Gasteiger partial charge on any atom is -0.395 e. The van der Waals surface area contributed by atoms with Crippen molar-refractivity contribution in [3.05, 3.63) is 35.4 Å². The molecule has 0 bridgehead atoms. The molecule has 0 aliphatic carbocycles. The zero-order valence-electron chi connectivity index (χ0n) is 14.9. The lowest BCUT2D eigenvalue weighted by molar-refractivity contribution is -0.133. The first-order chi connectivity index (χ1) is 10.8. The summed E-state index contributed by atoms with van der Waals surface area (Å²) in [7, 11) is 1.87. The average molecular weight is 318 g/mol. The summed E-state index contributed by atoms with van der Waals surface area (Å²) < 4.78 is 0. The molecule has 4 heteroatoms. The van der Waals surface area contributed by atoms with E-state index in [1.807, 2.05) is 16.8 Å². The largest absolute Gasteiger partial charge is 0.395 e. The van der Waals surface area contributed by atoms with E-state index in [4.69, 9.17) is 5.11 Å². The maximum absolute atomic E-state index is 12.5. The van der Waals surface area contributed by atoms with Gasteiger partial charge in [0.05, 0.1) is 19.2 Å². The first-order valence-corrected chi connectivity index (χ1v) is 8.52. The quantitative estimate of drug-likeness (QED) is 0.907. The highest BCUT2D eigenvalue weighted by atomic mass is 16.3. The standard InChI is InChI=1S/C19H30N2O2/c1-19(2,3)16-9-7-15(8-10-16)17-6-5-11-21(17)18(23)14-20(4)12-13-22/h7-10,17,22H,5-6,11-14H2,1-4H3. The van der Waals surface area contributed by atoms with Gasteiger partial charge in [-0.05, 0) is 36.4 Å². The second kappa shape index (κ2) is 7.45. The highest BCUT2D eigenvalue weighted by Gasteiger charge is 2.30. The van der Waals surface area contributed by atoms with Gasteiger partial charge >= 0.3 is 0 Å². The third-order valence-electron chi connectivity index (χ3n) is 4.62. The summed E-state index contributed by atoms with van der Waals surface area (Å²) in [5, 5.41) is 8.97. The number of carbonyl (C=O) groups is 1. The van der Waals surface area contributed by atoms with Gasteiger partial charge in [0.1, 0.15) is 0 Å². The summed E-state index contributed by atoms with van der Waals surface area (Å²) in [6.45, 7) is 8.46. The molecule has 1 N–H and O–H groups in total. The van der Waals surface area contributed by atoms with Crippen LogP contribution in [0.2, 0.25) is 0 Å². The van der Waals surface area contributed by atoms with E-state index in [0.29, 0.717) is 13.1 Å². The highest BCUT2D eigenvalue weighted by molar-refractivity contribution is 5.79. The van der Waals surface area contributed by atoms with Crippen molar-refractivity contribution in [2.24, 2.45) is 0 Å². The number of benzene rings is 1. The van der Waals surface area contributed by atoms with E-state index < -0.39 is 0 Å². The van der Waals surface area contributed by atoms with E-state index in [1.54, 1.807) is 0 Å². The van der Waals surface area contributed by atoms with Crippen molar-refractivity contribution in [2.45, 2.75) is 45.1 Å². The molecule has 0 radical (unpaired) electrons. The fourth-order valence-electron chi connectivity index (χ4n) is 3.19. The van der Waals surface area contributed by atoms with Crippen LogP contribution in [0.4, 0.5) is 0 Å². The molecule has 1 heterocycles. The first-order valence-electron chi connectivity index (χ1n) is 8.52. The van der Waals surface area contributed by atoms with Gasteiger partial charge < -0.3 is 10.0 Å². The Balaban J connectivity index is 2.08. The number of carbonyl (C=O) groups excluding carboxylic acids is 1. The maximum Gasteiger partial charge on any atom is 0.237 e. The Morgan fingerprint density at radius 3 is 2.52 bits per heavy atom. The summed E-state index contributed by atoms with van der Waals surface area (Å²) in [4.78, 5) is 16.4. The SMILES string of the molecule is CN(CCO)CC(=O)N1CCCC1c1ccc(C(C)(C)C)cc1. The molecule has 0 aromatic heterocycles. The van der Waals surface area contributed by atoms with E-state index in [9.17, 15) is 4.79 Å². The molecule has 1 aromatic carbocycles. The second-order valence-electron chi connectivity index (χ2n) is 7.58. The van der Waals surface area contributed by atoms with Crippen LogP contribution in [0.1, 0.15) is 50.8 Å². The zero-order chi connectivity index (χ0) is 17.0. The number of amides is 1. The van der Waals surface area contributed by atoms with Crippen LogP contribution in [0.3, 0.4) is 0 Å². The van der Waals surface area contributed by atoms with Crippen molar-refractivity contribution in [1.82, 2.24) is 9.80 Å². The topological polar surface area (TPSA) is 43.8 Å². The lowest BCUT2D eigenvalue weighted by atomic mass is 9.86. The van der Waals surface area contributed by atoms with Gasteiger partial charge in [0, 0.05) is 13.1 Å². The molecule has 1 fully saturated rings. The molecular formula is C19H30N2O2. The molecule has 2 rings (SSSR count). The van der Waals surface area contributed by atoms with Crippen LogP contribution in [-0.2, 0) is 10.2 Å². The van der Waals surface area contributed by atoms with Crippen molar-refractivity contribution >= 4 is 5.91 Å². The number of hydrogen-bond donors (Lipinski definition) is 1. The molecular weight excluding hydrogens is 288 g/mol. The Morgan fingerprint density at radius 2 is 1.96 bits per heavy atom. The van der Waals surface area contributed by atoms with Crippen molar-refractivity contribution in [1.29, 1.82) is 0 Å². The van der Waals surface area contributed by atoms with Crippen molar-refractivity contribution < 1.29 is 9.90 Å². The third kappa shape index (κ3) is 4.55. The summed E-state index contributed by atoms with van der Waals surface area (Å²) in [5.74, 6) is 0.156. The summed E-state index contributed by atoms with van der Waals surface area (Å²) >= 11 is 0. The fourth-order valence-corrected chi connectivity index (χ4v) is 3.19. The van der Waals surface area contributed by atoms with E-state index >= 15 is 0 Å². The molecule has 1 amide bonds. The van der Waals surface area contributed by atoms with Crippen LogP contribution >= 0.6 is 0 Å². The number of nitrogens with zero attached hydrogens (tertiary/aromatic N) is 2. The minimum absolute atomic E-state index is 0.0848. The zero-order valence-corrected chi connectivity index (χ0v) is 14.9. The van der Waals surface area contributed by atoms with E-state index in [1.165, 1.54) is 11.1 Å². The minimum atomic E-state index is 0.0848. The van der Waals surface area contributed by atoms with Crippen LogP contribution in [-0.4, -0.2) is 54.1 Å². The Hall–Kier alpha value is -1.39. The van der Waals surface area contributed by atoms with Crippen LogP contribution < -0.4 is 0 Å². The van der Waals surface area contributed by atoms with Gasteiger partial charge in [0.2, 0.25) is 5.91 Å². The normalized spacial score (nSPS) is 18.7. The van der Waals surface area contributed by atoms with Gasteiger partial charge in [-0.25, -0.2) is 0 Å². The number of rotatable bonds is 5. The lowest BCUT2D eigenvalue weighted by Crippen LogP contribution is -2.39. The summed E-state index contributed by atoms with van der Waals surface area (Å²) in [5.41, 5.74) is 2.70. The average Bonchev–Trinajstić information content (AvgIpc) is 2.96. The lowest BCUT2D eigenvalue weighted by Gasteiger charge is -2.28. The predicted octanol–water partition coefficient (Wildman–Crippen LogP) is 2.57. The molecule has 1 saturated heterocycles. The van der Waals surface area contributed by atoms with E-state index in [0.717, 1.165) is 19.4 Å². The van der Waals surface area contributed by atoms with Crippen molar-refractivity contribution in [3.63, 3.8) is 0 Å². The maximum atomic E-state index is 12.5. The van der Waals surface area contributed by atoms with Gasteiger partial charge in [-0.3, -0.25) is 9.69 Å². The first kappa shape index (κ1) is 18.0. The number of aliphatic hydroxyl groups excluding tert-OH is 1. The van der Waals surface area contributed by atoms with Gasteiger partial charge in [0.15, 0.2) is 0 Å². The second-order valence-corrected chi connectivity index (χ2v) is 7.58. The Kier molecular flexibility index (Phi) is 5.82. The molecule has 0 spiro atoms. The Bertz CT molecular complexity index is 519. The van der Waals surface area contributed by atoms with Gasteiger partial charge in [-0.1, -0.05) is 45.0 Å². The molecule has 4 nitrogen and oxygen atoms in total. The van der Waals surface area contributed by atoms with Gasteiger partial charge in [-0.2, -0.15) is 0 Å². The molecule has 1 aromatic rings. The Labute approximate surface area is 140 Å². The number of aliphatic hydroxyl groups is 1. The van der Waals surface area contributed by atoms with E-state index in [2.05, 4.69) is 45.0 Å². The number of likely N-dealkylation sites (tertiary alicyclic amines) is 1. The van der Waals surface area contributed by atoms with Crippen molar-refractivity contribution in [2.75, 3.05) is 33.3 Å². The number of hydrogen-bond acceptors (Lipinski definition) is 3. The van der Waals surface area contributed by atoms with Crippen molar-refractivity contribution in [3.8, 4) is 0 Å². The molecule has 1 unspecified atom stereocenters. The van der Waals surface area contributed by atoms with Crippen LogP contribution in [0, 0.1) is 0 Å². The molecule has 1 aliphatic heterocycles. The molecule has 128 valence electrons. The van der Waals surface area contributed by atoms with Crippen LogP contribution in [0.5, 0.6) is 0 Å². The highest BCUT2D eigenvalue weighted by Crippen LogP contribution is 2.33. The molecule has 1 atom stereocenters. The fraction of sp³-hybridized carbons (Fsp3) is 0.632. The Morgan fingerprint density at radius 1 is 1.30 bits per heavy atom. The third-order valence-corrected chi connectivity index (χ3v) is 4.62. The van der Waals surface area contributed by atoms with E-state index in [-0.39, 0.29) is 24.0 Å². The smallest absolute Gasteiger partial charge is 0.237 e. The number of likely N-dealkylation sites (N-methyl/N-ethyl adjacent to an activating group) is 1. The molecule has 0 saturated carbocycles. The molecule has 1 aliphatic rings. The predicted molar refractivity (Wildman–Crippen MR) is 93.4 cm³/mol. The van der Waals surface area contributed by atoms with Gasteiger partial charge in [-0.15, -0.1) is 0 Å². The monoisotopic (exact) mass is 318 g/mol. The molecule has 23 heavy (non-hydrogen) atoms. The van der Waals surface area contributed by atoms with Crippen LogP contribution in [0.15, 0.2) is 24.3 Å². The van der Waals surface area contributed by atoms with Gasteiger partial charge in [0.25, 0.3) is 0 Å². The van der Waals surface area contributed by atoms with Crippen LogP contribution in [0.25, 0.3) is 0 Å². The summed E-state index contributed by atoms with van der Waals surface area (Å²) in [6, 6.07) is 8.92. The summed E-state index contributed by atoms with van der Waals surface area (Å²) in [6.07, 6.45) is 2.09.